The molecule has 118 valence electrons. The second-order valence-electron chi connectivity index (χ2n) is 6.06. The summed E-state index contributed by atoms with van der Waals surface area (Å²) in [6, 6.07) is 4.43. The Morgan fingerprint density at radius 2 is 2.14 bits per heavy atom. The largest absolute Gasteiger partial charge is 0.367 e. The van der Waals surface area contributed by atoms with Gasteiger partial charge in [0.15, 0.2) is 5.65 Å². The van der Waals surface area contributed by atoms with Crippen LogP contribution in [0.2, 0.25) is 0 Å². The SMILES string of the molecule is CNC(=O)NC1CC(Nc2cc(C(C)C)nc3ccnn23)C1. The Labute approximate surface area is 129 Å². The van der Waals surface area contributed by atoms with Crippen LogP contribution in [0.1, 0.15) is 38.3 Å². The molecule has 1 saturated carbocycles. The molecule has 0 bridgehead atoms. The number of nitrogens with zero attached hydrogens (tertiary/aromatic N) is 3. The fourth-order valence-electron chi connectivity index (χ4n) is 2.65. The number of rotatable bonds is 4. The van der Waals surface area contributed by atoms with Gasteiger partial charge in [-0.05, 0) is 18.8 Å². The maximum Gasteiger partial charge on any atom is 0.314 e. The molecule has 22 heavy (non-hydrogen) atoms. The van der Waals surface area contributed by atoms with Crippen LogP contribution in [0, 0.1) is 0 Å². The molecule has 7 nitrogen and oxygen atoms in total. The first-order valence-electron chi connectivity index (χ1n) is 7.66. The van der Waals surface area contributed by atoms with Gasteiger partial charge in [0.05, 0.1) is 6.20 Å². The van der Waals surface area contributed by atoms with Crippen LogP contribution in [-0.4, -0.2) is 39.8 Å². The van der Waals surface area contributed by atoms with E-state index in [9.17, 15) is 4.79 Å². The van der Waals surface area contributed by atoms with Crippen LogP contribution in [0.15, 0.2) is 18.3 Å². The minimum Gasteiger partial charge on any atom is -0.367 e. The second kappa shape index (κ2) is 5.82. The van der Waals surface area contributed by atoms with E-state index in [4.69, 9.17) is 0 Å². The fraction of sp³-hybridized carbons (Fsp3) is 0.533. The second-order valence-corrected chi connectivity index (χ2v) is 6.06. The van der Waals surface area contributed by atoms with E-state index in [1.54, 1.807) is 13.2 Å². The molecule has 0 unspecified atom stereocenters. The van der Waals surface area contributed by atoms with Crippen LogP contribution < -0.4 is 16.0 Å². The van der Waals surface area contributed by atoms with Crippen molar-refractivity contribution in [2.45, 2.75) is 44.7 Å². The molecule has 1 fully saturated rings. The molecule has 3 N–H and O–H groups in total. The van der Waals surface area contributed by atoms with Crippen molar-refractivity contribution in [3.63, 3.8) is 0 Å². The number of anilines is 1. The zero-order valence-corrected chi connectivity index (χ0v) is 13.1. The van der Waals surface area contributed by atoms with Gasteiger partial charge in [0.1, 0.15) is 5.82 Å². The van der Waals surface area contributed by atoms with Gasteiger partial charge in [-0.15, -0.1) is 0 Å². The molecule has 1 aliphatic rings. The molecule has 2 heterocycles. The Morgan fingerprint density at radius 3 is 2.82 bits per heavy atom. The maximum absolute atomic E-state index is 11.3. The van der Waals surface area contributed by atoms with Crippen molar-refractivity contribution in [3.05, 3.63) is 24.0 Å². The molecule has 2 aromatic heterocycles. The third-order valence-electron chi connectivity index (χ3n) is 4.02. The Bertz CT molecular complexity index is 674. The van der Waals surface area contributed by atoms with Crippen molar-refractivity contribution in [2.75, 3.05) is 12.4 Å². The standard InChI is InChI=1S/C15H22N6O/c1-9(2)12-8-14(21-13(20-12)4-5-17-21)18-10-6-11(7-10)19-15(22)16-3/h4-5,8-11,18H,6-7H2,1-3H3,(H2,16,19,22). The number of hydrogen-bond acceptors (Lipinski definition) is 4. The average molecular weight is 302 g/mol. The maximum atomic E-state index is 11.3. The van der Waals surface area contributed by atoms with E-state index in [0.29, 0.717) is 12.0 Å². The molecule has 2 amide bonds. The highest BCUT2D eigenvalue weighted by atomic mass is 16.2. The number of amides is 2. The highest BCUT2D eigenvalue weighted by Gasteiger charge is 2.30. The molecule has 0 spiro atoms. The Hall–Kier alpha value is -2.31. The van der Waals surface area contributed by atoms with Crippen LogP contribution >= 0.6 is 0 Å². The van der Waals surface area contributed by atoms with Gasteiger partial charge < -0.3 is 16.0 Å². The molecule has 7 heteroatoms. The highest BCUT2D eigenvalue weighted by Crippen LogP contribution is 2.26. The third-order valence-corrected chi connectivity index (χ3v) is 4.02. The van der Waals surface area contributed by atoms with Gasteiger partial charge in [0, 0.05) is 37.0 Å². The van der Waals surface area contributed by atoms with Gasteiger partial charge in [-0.25, -0.2) is 9.78 Å². The number of nitrogens with one attached hydrogen (secondary N) is 3. The summed E-state index contributed by atoms with van der Waals surface area (Å²) < 4.78 is 1.82. The van der Waals surface area contributed by atoms with Crippen LogP contribution in [-0.2, 0) is 0 Å². The van der Waals surface area contributed by atoms with Gasteiger partial charge in [0.2, 0.25) is 0 Å². The first-order valence-corrected chi connectivity index (χ1v) is 7.66. The van der Waals surface area contributed by atoms with E-state index in [-0.39, 0.29) is 12.1 Å². The molecular weight excluding hydrogens is 280 g/mol. The topological polar surface area (TPSA) is 83.4 Å². The molecule has 0 radical (unpaired) electrons. The molecular formula is C15H22N6O. The molecule has 1 aliphatic carbocycles. The van der Waals surface area contributed by atoms with E-state index in [1.807, 2.05) is 10.6 Å². The van der Waals surface area contributed by atoms with Crippen LogP contribution in [0.4, 0.5) is 10.6 Å². The van der Waals surface area contributed by atoms with E-state index < -0.39 is 0 Å². The third kappa shape index (κ3) is 2.84. The predicted molar refractivity (Wildman–Crippen MR) is 85.1 cm³/mol. The molecule has 0 atom stereocenters. The summed E-state index contributed by atoms with van der Waals surface area (Å²) in [5.41, 5.74) is 1.91. The van der Waals surface area contributed by atoms with Crippen LogP contribution in [0.3, 0.4) is 0 Å². The fourth-order valence-corrected chi connectivity index (χ4v) is 2.65. The van der Waals surface area contributed by atoms with E-state index in [2.05, 4.69) is 45.9 Å². The average Bonchev–Trinajstić information content (AvgIpc) is 2.92. The summed E-state index contributed by atoms with van der Waals surface area (Å²) in [6.45, 7) is 4.26. The lowest BCUT2D eigenvalue weighted by Gasteiger charge is -2.36. The van der Waals surface area contributed by atoms with Crippen molar-refractivity contribution >= 4 is 17.5 Å². The van der Waals surface area contributed by atoms with E-state index >= 15 is 0 Å². The van der Waals surface area contributed by atoms with Gasteiger partial charge in [-0.3, -0.25) is 0 Å². The predicted octanol–water partition coefficient (Wildman–Crippen LogP) is 1.72. The van der Waals surface area contributed by atoms with Crippen molar-refractivity contribution in [1.29, 1.82) is 0 Å². The van der Waals surface area contributed by atoms with Gasteiger partial charge >= 0.3 is 6.03 Å². The monoisotopic (exact) mass is 302 g/mol. The van der Waals surface area contributed by atoms with Gasteiger partial charge in [-0.2, -0.15) is 9.61 Å². The van der Waals surface area contributed by atoms with Crippen LogP contribution in [0.25, 0.3) is 5.65 Å². The summed E-state index contributed by atoms with van der Waals surface area (Å²) in [7, 11) is 1.63. The smallest absolute Gasteiger partial charge is 0.314 e. The van der Waals surface area contributed by atoms with Crippen molar-refractivity contribution in [3.8, 4) is 0 Å². The summed E-state index contributed by atoms with van der Waals surface area (Å²) in [5, 5.41) is 13.3. The molecule has 0 aromatic carbocycles. The van der Waals surface area contributed by atoms with Crippen molar-refractivity contribution in [1.82, 2.24) is 25.2 Å². The zero-order chi connectivity index (χ0) is 15.7. The zero-order valence-electron chi connectivity index (χ0n) is 13.1. The lowest BCUT2D eigenvalue weighted by molar-refractivity contribution is 0.227. The Kier molecular flexibility index (Phi) is 3.87. The highest BCUT2D eigenvalue weighted by molar-refractivity contribution is 5.74. The number of carbonyl (C=O) groups excluding carboxylic acids is 1. The molecule has 0 aliphatic heterocycles. The number of urea groups is 1. The molecule has 0 saturated heterocycles. The van der Waals surface area contributed by atoms with Gasteiger partial charge in [-0.1, -0.05) is 13.8 Å². The molecule has 2 aromatic rings. The van der Waals surface area contributed by atoms with E-state index in [0.717, 1.165) is 30.0 Å². The number of aromatic nitrogens is 3. The lowest BCUT2D eigenvalue weighted by atomic mass is 9.87. The minimum atomic E-state index is -0.121. The first-order chi connectivity index (χ1) is 10.6. The first kappa shape index (κ1) is 14.6. The Balaban J connectivity index is 1.70. The number of carbonyl (C=O) groups is 1. The Morgan fingerprint density at radius 1 is 1.36 bits per heavy atom. The number of fused-ring (bicyclic) bond motifs is 1. The minimum absolute atomic E-state index is 0.121. The van der Waals surface area contributed by atoms with Crippen LogP contribution in [0.5, 0.6) is 0 Å². The summed E-state index contributed by atoms with van der Waals surface area (Å²) in [5.74, 6) is 1.33. The van der Waals surface area contributed by atoms with Crippen molar-refractivity contribution < 1.29 is 4.79 Å². The summed E-state index contributed by atoms with van der Waals surface area (Å²) >= 11 is 0. The van der Waals surface area contributed by atoms with Crippen molar-refractivity contribution in [2.24, 2.45) is 0 Å². The van der Waals surface area contributed by atoms with E-state index in [1.165, 1.54) is 0 Å². The number of hydrogen-bond donors (Lipinski definition) is 3. The summed E-state index contributed by atoms with van der Waals surface area (Å²) in [4.78, 5) is 15.9. The lowest BCUT2D eigenvalue weighted by Crippen LogP contribution is -2.51. The molecule has 3 rings (SSSR count). The quantitative estimate of drug-likeness (QED) is 0.803. The summed E-state index contributed by atoms with van der Waals surface area (Å²) in [6.07, 6.45) is 3.58. The normalized spacial score (nSPS) is 20.7. The van der Waals surface area contributed by atoms with Gasteiger partial charge in [0.25, 0.3) is 0 Å².